The average Bonchev–Trinajstić information content (AvgIpc) is 3.69. The van der Waals surface area contributed by atoms with Gasteiger partial charge in [0.05, 0.1) is 34.9 Å². The monoisotopic (exact) mass is 630 g/mol. The molecule has 0 spiro atoms. The van der Waals surface area contributed by atoms with E-state index >= 15 is 4.39 Å². The van der Waals surface area contributed by atoms with Gasteiger partial charge in [0, 0.05) is 56.4 Å². The quantitative estimate of drug-likeness (QED) is 0.166. The van der Waals surface area contributed by atoms with Gasteiger partial charge in [-0.1, -0.05) is 12.0 Å². The second-order valence-electron chi connectivity index (χ2n) is 11.2. The molecular weight excluding hydrogens is 600 g/mol. The fourth-order valence-electron chi connectivity index (χ4n) is 5.29. The van der Waals surface area contributed by atoms with E-state index in [0.717, 1.165) is 30.5 Å². The molecule has 0 saturated carbocycles. The Hall–Kier alpha value is -5.19. The summed E-state index contributed by atoms with van der Waals surface area (Å²) in [5.74, 6) is 4.32. The van der Waals surface area contributed by atoms with Crippen molar-refractivity contribution in [1.29, 1.82) is 0 Å². The highest BCUT2D eigenvalue weighted by Gasteiger charge is 2.34. The molecule has 46 heavy (non-hydrogen) atoms. The summed E-state index contributed by atoms with van der Waals surface area (Å²) in [6.45, 7) is 4.66. The Bertz CT molecular complexity index is 1950. The molecule has 2 aromatic carbocycles. The van der Waals surface area contributed by atoms with Crippen LogP contribution in [-0.4, -0.2) is 68.5 Å². The first-order valence-corrected chi connectivity index (χ1v) is 14.5. The van der Waals surface area contributed by atoms with E-state index in [0.29, 0.717) is 35.6 Å². The summed E-state index contributed by atoms with van der Waals surface area (Å²) in [5.41, 5.74) is 2.39. The van der Waals surface area contributed by atoms with Crippen molar-refractivity contribution in [1.82, 2.24) is 29.4 Å². The van der Waals surface area contributed by atoms with Crippen molar-refractivity contribution < 1.29 is 22.4 Å². The van der Waals surface area contributed by atoms with Crippen LogP contribution < -0.4 is 10.6 Å². The van der Waals surface area contributed by atoms with Crippen molar-refractivity contribution in [2.24, 2.45) is 0 Å². The van der Waals surface area contributed by atoms with Gasteiger partial charge in [-0.15, -0.1) is 0 Å². The van der Waals surface area contributed by atoms with Gasteiger partial charge in [0.15, 0.2) is 5.65 Å². The fraction of sp³-hybridized carbons (Fsp3) is 0.242. The lowest BCUT2D eigenvalue weighted by Gasteiger charge is -2.33. The number of aromatic amines is 1. The molecule has 3 aromatic heterocycles. The number of piperazine rings is 1. The van der Waals surface area contributed by atoms with Crippen LogP contribution in [0.1, 0.15) is 38.3 Å². The fourth-order valence-corrected chi connectivity index (χ4v) is 5.29. The van der Waals surface area contributed by atoms with Gasteiger partial charge in [0.2, 0.25) is 0 Å². The van der Waals surface area contributed by atoms with Crippen LogP contribution in [0.4, 0.5) is 34.6 Å². The van der Waals surface area contributed by atoms with Gasteiger partial charge in [-0.05, 0) is 67.4 Å². The normalized spacial score (nSPS) is 14.2. The summed E-state index contributed by atoms with van der Waals surface area (Å²) in [4.78, 5) is 21.7. The van der Waals surface area contributed by atoms with Crippen molar-refractivity contribution in [2.45, 2.75) is 19.6 Å². The van der Waals surface area contributed by atoms with E-state index in [1.165, 1.54) is 24.3 Å². The zero-order valence-electron chi connectivity index (χ0n) is 25.0. The zero-order chi connectivity index (χ0) is 32.4. The van der Waals surface area contributed by atoms with Crippen LogP contribution in [0.2, 0.25) is 0 Å². The van der Waals surface area contributed by atoms with Gasteiger partial charge >= 0.3 is 6.18 Å². The van der Waals surface area contributed by atoms with Crippen molar-refractivity contribution in [3.05, 3.63) is 107 Å². The largest absolute Gasteiger partial charge is 0.416 e. The van der Waals surface area contributed by atoms with Gasteiger partial charge in [-0.2, -0.15) is 18.3 Å². The van der Waals surface area contributed by atoms with Crippen LogP contribution in [0.5, 0.6) is 0 Å². The summed E-state index contributed by atoms with van der Waals surface area (Å²) in [6, 6.07) is 9.85. The standard InChI is InChI=1S/C33H30F4N8O/c1-21-14-29(34)27(15-22(21)6-8-26-19-38-31-30(4-3-9-45(26)31)41-25-17-39-40-18-25)32(46)42-24-7-5-23(28(16-24)33(35,36)37)20-44-12-10-43(2)11-13-44/h3-5,7,9,14-19,41H,10-13,20H2,1-2H3,(H,39,40)(H,42,46). The molecule has 4 heterocycles. The van der Waals surface area contributed by atoms with Crippen molar-refractivity contribution in [3.8, 4) is 11.8 Å². The summed E-state index contributed by atoms with van der Waals surface area (Å²) in [7, 11) is 1.97. The minimum absolute atomic E-state index is 0.0855. The molecule has 1 aliphatic heterocycles. The first-order chi connectivity index (χ1) is 22.0. The first kappa shape index (κ1) is 30.8. The summed E-state index contributed by atoms with van der Waals surface area (Å²) >= 11 is 0. The van der Waals surface area contributed by atoms with Crippen LogP contribution in [0, 0.1) is 24.6 Å². The van der Waals surface area contributed by atoms with E-state index in [1.54, 1.807) is 36.1 Å². The lowest BCUT2D eigenvalue weighted by atomic mass is 10.0. The maximum Gasteiger partial charge on any atom is 0.416 e. The number of benzene rings is 2. The number of pyridine rings is 1. The molecule has 0 radical (unpaired) electrons. The second-order valence-corrected chi connectivity index (χ2v) is 11.2. The number of aryl methyl sites for hydroxylation is 1. The van der Waals surface area contributed by atoms with Crippen LogP contribution in [0.3, 0.4) is 0 Å². The molecule has 5 aromatic rings. The molecule has 236 valence electrons. The number of anilines is 3. The smallest absolute Gasteiger partial charge is 0.350 e. The van der Waals surface area contributed by atoms with E-state index in [2.05, 4.69) is 42.6 Å². The number of amides is 1. The highest BCUT2D eigenvalue weighted by Crippen LogP contribution is 2.35. The number of carbonyl (C=O) groups is 1. The number of H-pyrrole nitrogens is 1. The van der Waals surface area contributed by atoms with Crippen LogP contribution >= 0.6 is 0 Å². The molecule has 3 N–H and O–H groups in total. The van der Waals surface area contributed by atoms with Crippen molar-refractivity contribution >= 4 is 28.6 Å². The highest BCUT2D eigenvalue weighted by molar-refractivity contribution is 6.04. The van der Waals surface area contributed by atoms with E-state index in [1.807, 2.05) is 24.1 Å². The SMILES string of the molecule is Cc1cc(F)c(C(=O)Nc2ccc(CN3CCN(C)CC3)c(C(F)(F)F)c2)cc1C#Cc1cnc2c(Nc3cn[nH]c3)cccn12. The lowest BCUT2D eigenvalue weighted by Crippen LogP contribution is -2.44. The Kier molecular flexibility index (Phi) is 8.48. The summed E-state index contributed by atoms with van der Waals surface area (Å²) in [6.07, 6.45) is 2.11. The molecular formula is C33H30F4N8O. The third-order valence-electron chi connectivity index (χ3n) is 7.86. The van der Waals surface area contributed by atoms with E-state index in [4.69, 9.17) is 0 Å². The van der Waals surface area contributed by atoms with E-state index in [9.17, 15) is 18.0 Å². The number of aromatic nitrogens is 4. The number of nitrogens with zero attached hydrogens (tertiary/aromatic N) is 5. The van der Waals surface area contributed by atoms with Gasteiger partial charge < -0.3 is 15.5 Å². The Morgan fingerprint density at radius 3 is 2.59 bits per heavy atom. The predicted molar refractivity (Wildman–Crippen MR) is 166 cm³/mol. The maximum absolute atomic E-state index is 15.0. The Morgan fingerprint density at radius 2 is 1.85 bits per heavy atom. The molecule has 9 nitrogen and oxygen atoms in total. The van der Waals surface area contributed by atoms with Gasteiger partial charge in [0.25, 0.3) is 5.91 Å². The molecule has 1 fully saturated rings. The molecule has 6 rings (SSSR count). The number of hydrogen-bond acceptors (Lipinski definition) is 6. The van der Waals surface area contributed by atoms with Gasteiger partial charge in [-0.25, -0.2) is 9.37 Å². The Morgan fingerprint density at radius 1 is 1.04 bits per heavy atom. The molecule has 1 amide bonds. The summed E-state index contributed by atoms with van der Waals surface area (Å²) < 4.78 is 58.9. The predicted octanol–water partition coefficient (Wildman–Crippen LogP) is 5.67. The Labute approximate surface area is 262 Å². The number of imidazole rings is 1. The van der Waals surface area contributed by atoms with Crippen LogP contribution in [0.25, 0.3) is 5.65 Å². The molecule has 0 atom stereocenters. The molecule has 0 aliphatic carbocycles. The minimum atomic E-state index is -4.63. The number of rotatable bonds is 6. The number of halogens is 4. The van der Waals surface area contributed by atoms with Gasteiger partial charge in [0.1, 0.15) is 11.5 Å². The molecule has 0 bridgehead atoms. The molecule has 1 saturated heterocycles. The number of likely N-dealkylation sites (N-methyl/N-ethyl adjacent to an activating group) is 1. The Balaban J connectivity index is 1.23. The topological polar surface area (TPSA) is 93.6 Å². The van der Waals surface area contributed by atoms with E-state index in [-0.39, 0.29) is 23.4 Å². The highest BCUT2D eigenvalue weighted by atomic mass is 19.4. The van der Waals surface area contributed by atoms with Crippen molar-refractivity contribution in [2.75, 3.05) is 43.9 Å². The van der Waals surface area contributed by atoms with Crippen molar-refractivity contribution in [3.63, 3.8) is 0 Å². The minimum Gasteiger partial charge on any atom is -0.350 e. The molecule has 1 aliphatic rings. The lowest BCUT2D eigenvalue weighted by molar-refractivity contribution is -0.138. The number of nitrogens with one attached hydrogen (secondary N) is 3. The number of carbonyl (C=O) groups excluding carboxylic acids is 1. The van der Waals surface area contributed by atoms with Gasteiger partial charge in [-0.3, -0.25) is 19.2 Å². The second kappa shape index (κ2) is 12.7. The number of fused-ring (bicyclic) bond motifs is 1. The third-order valence-corrected chi connectivity index (χ3v) is 7.86. The molecule has 13 heteroatoms. The summed E-state index contributed by atoms with van der Waals surface area (Å²) in [5, 5.41) is 12.3. The maximum atomic E-state index is 15.0. The van der Waals surface area contributed by atoms with Crippen LogP contribution in [-0.2, 0) is 12.7 Å². The average molecular weight is 631 g/mol. The molecule has 0 unspecified atom stereocenters. The first-order valence-electron chi connectivity index (χ1n) is 14.5. The number of alkyl halides is 3. The van der Waals surface area contributed by atoms with E-state index < -0.39 is 23.5 Å². The third kappa shape index (κ3) is 6.73. The number of hydrogen-bond donors (Lipinski definition) is 3. The zero-order valence-corrected chi connectivity index (χ0v) is 25.0. The van der Waals surface area contributed by atoms with Crippen LogP contribution in [0.15, 0.2) is 67.3 Å².